The van der Waals surface area contributed by atoms with Gasteiger partial charge in [-0.2, -0.15) is 0 Å². The van der Waals surface area contributed by atoms with Gasteiger partial charge >= 0.3 is 5.97 Å². The number of aromatic nitrogens is 2. The lowest BCUT2D eigenvalue weighted by atomic mass is 10.3. The van der Waals surface area contributed by atoms with E-state index in [0.717, 1.165) is 23.4 Å². The van der Waals surface area contributed by atoms with E-state index in [2.05, 4.69) is 4.98 Å². The number of rotatable bonds is 5. The van der Waals surface area contributed by atoms with Gasteiger partial charge in [-0.05, 0) is 19.1 Å². The zero-order valence-corrected chi connectivity index (χ0v) is 11.5. The van der Waals surface area contributed by atoms with Gasteiger partial charge in [0.1, 0.15) is 5.82 Å². The molecule has 0 atom stereocenters. The Morgan fingerprint density at radius 3 is 3.00 bits per heavy atom. The minimum absolute atomic E-state index is 0.0840. The number of aryl methyl sites for hydroxylation is 1. The van der Waals surface area contributed by atoms with Crippen molar-refractivity contribution in [2.75, 3.05) is 5.75 Å². The number of fused-ring (bicyclic) bond motifs is 1. The summed E-state index contributed by atoms with van der Waals surface area (Å²) in [6, 6.07) is 5.62. The van der Waals surface area contributed by atoms with Crippen molar-refractivity contribution in [2.45, 2.75) is 19.2 Å². The van der Waals surface area contributed by atoms with Crippen LogP contribution in [-0.4, -0.2) is 26.4 Å². The minimum atomic E-state index is -0.808. The molecule has 4 nitrogen and oxygen atoms in total. The van der Waals surface area contributed by atoms with Crippen LogP contribution in [0, 0.1) is 0 Å². The lowest BCUT2D eigenvalue weighted by molar-refractivity contribution is -0.133. The van der Waals surface area contributed by atoms with E-state index in [4.69, 9.17) is 16.7 Å². The average Bonchev–Trinajstić information content (AvgIpc) is 2.67. The Labute approximate surface area is 114 Å². The number of nitrogens with zero attached hydrogens (tertiary/aromatic N) is 2. The van der Waals surface area contributed by atoms with E-state index in [-0.39, 0.29) is 5.75 Å². The molecule has 0 aliphatic rings. The second-order valence-electron chi connectivity index (χ2n) is 3.77. The molecule has 2 rings (SSSR count). The lowest BCUT2D eigenvalue weighted by Gasteiger charge is -2.05. The smallest absolute Gasteiger partial charge is 0.313 e. The van der Waals surface area contributed by atoms with Crippen LogP contribution in [0.5, 0.6) is 0 Å². The van der Waals surface area contributed by atoms with Gasteiger partial charge in [0.05, 0.1) is 27.6 Å². The standard InChI is InChI=1S/C12H13ClN2O2S/c1-2-15-10(6-18-7-11(16)17)14-9-5-3-4-8(13)12(9)15/h3-5H,2,6-7H2,1H3,(H,16,17). The third-order valence-electron chi connectivity index (χ3n) is 2.57. The van der Waals surface area contributed by atoms with Gasteiger partial charge in [-0.25, -0.2) is 4.98 Å². The quantitative estimate of drug-likeness (QED) is 0.917. The Morgan fingerprint density at radius 1 is 1.56 bits per heavy atom. The van der Waals surface area contributed by atoms with Crippen molar-refractivity contribution in [2.24, 2.45) is 0 Å². The van der Waals surface area contributed by atoms with Crippen molar-refractivity contribution in [3.63, 3.8) is 0 Å². The number of carbonyl (C=O) groups is 1. The van der Waals surface area contributed by atoms with Gasteiger partial charge < -0.3 is 9.67 Å². The summed E-state index contributed by atoms with van der Waals surface area (Å²) in [6.07, 6.45) is 0. The maximum atomic E-state index is 10.5. The van der Waals surface area contributed by atoms with Gasteiger partial charge in [0.15, 0.2) is 0 Å². The van der Waals surface area contributed by atoms with Crippen molar-refractivity contribution in [1.82, 2.24) is 9.55 Å². The summed E-state index contributed by atoms with van der Waals surface area (Å²) in [5.41, 5.74) is 1.78. The molecule has 1 aromatic carbocycles. The molecule has 0 aliphatic carbocycles. The predicted octanol–water partition coefficient (Wildman–Crippen LogP) is 3.03. The molecule has 0 bridgehead atoms. The Morgan fingerprint density at radius 2 is 2.33 bits per heavy atom. The predicted molar refractivity (Wildman–Crippen MR) is 74.2 cm³/mol. The number of halogens is 1. The molecular weight excluding hydrogens is 272 g/mol. The van der Waals surface area contributed by atoms with Crippen LogP contribution in [-0.2, 0) is 17.1 Å². The van der Waals surface area contributed by atoms with Gasteiger partial charge in [-0.1, -0.05) is 17.7 Å². The maximum absolute atomic E-state index is 10.5. The zero-order valence-electron chi connectivity index (χ0n) is 9.89. The van der Waals surface area contributed by atoms with Crippen LogP contribution < -0.4 is 0 Å². The highest BCUT2D eigenvalue weighted by Crippen LogP contribution is 2.26. The summed E-state index contributed by atoms with van der Waals surface area (Å²) in [5.74, 6) is 0.718. The van der Waals surface area contributed by atoms with E-state index >= 15 is 0 Å². The first-order valence-corrected chi connectivity index (χ1v) is 7.10. The van der Waals surface area contributed by atoms with E-state index < -0.39 is 5.97 Å². The van der Waals surface area contributed by atoms with Gasteiger partial charge in [0.2, 0.25) is 0 Å². The number of para-hydroxylation sites is 1. The number of carboxylic acids is 1. The van der Waals surface area contributed by atoms with Gasteiger partial charge in [-0.3, -0.25) is 4.79 Å². The highest BCUT2D eigenvalue weighted by atomic mass is 35.5. The monoisotopic (exact) mass is 284 g/mol. The van der Waals surface area contributed by atoms with E-state index in [1.54, 1.807) is 0 Å². The molecule has 0 saturated heterocycles. The number of hydrogen-bond acceptors (Lipinski definition) is 3. The molecule has 0 amide bonds. The second-order valence-corrected chi connectivity index (χ2v) is 5.16. The van der Waals surface area contributed by atoms with Crippen LogP contribution in [0.1, 0.15) is 12.7 Å². The normalized spacial score (nSPS) is 11.0. The van der Waals surface area contributed by atoms with Crippen LogP contribution in [0.15, 0.2) is 18.2 Å². The fourth-order valence-corrected chi connectivity index (χ4v) is 2.82. The fourth-order valence-electron chi connectivity index (χ4n) is 1.87. The molecule has 0 radical (unpaired) electrons. The summed E-state index contributed by atoms with van der Waals surface area (Å²) in [5, 5.41) is 9.31. The number of benzene rings is 1. The average molecular weight is 285 g/mol. The fraction of sp³-hybridized carbons (Fsp3) is 0.333. The molecule has 2 aromatic rings. The summed E-state index contributed by atoms with van der Waals surface area (Å²) in [7, 11) is 0. The van der Waals surface area contributed by atoms with Crippen LogP contribution in [0.25, 0.3) is 11.0 Å². The van der Waals surface area contributed by atoms with Gasteiger partial charge in [0, 0.05) is 6.54 Å². The van der Waals surface area contributed by atoms with Crippen molar-refractivity contribution in [3.8, 4) is 0 Å². The van der Waals surface area contributed by atoms with E-state index in [0.29, 0.717) is 10.8 Å². The first kappa shape index (κ1) is 13.2. The first-order chi connectivity index (χ1) is 8.63. The summed E-state index contributed by atoms with van der Waals surface area (Å²) < 4.78 is 2.03. The topological polar surface area (TPSA) is 55.1 Å². The zero-order chi connectivity index (χ0) is 13.1. The third-order valence-corrected chi connectivity index (χ3v) is 3.79. The second kappa shape index (κ2) is 5.63. The third kappa shape index (κ3) is 2.62. The molecule has 0 unspecified atom stereocenters. The number of aliphatic carboxylic acids is 1. The molecule has 1 aromatic heterocycles. The van der Waals surface area contributed by atoms with Crippen molar-refractivity contribution < 1.29 is 9.90 Å². The Balaban J connectivity index is 2.33. The minimum Gasteiger partial charge on any atom is -0.481 e. The molecular formula is C12H13ClN2O2S. The SMILES string of the molecule is CCn1c(CSCC(=O)O)nc2cccc(Cl)c21. The van der Waals surface area contributed by atoms with Crippen LogP contribution in [0.4, 0.5) is 0 Å². The Hall–Kier alpha value is -1.20. The highest BCUT2D eigenvalue weighted by molar-refractivity contribution is 7.99. The molecule has 0 spiro atoms. The molecule has 6 heteroatoms. The van der Waals surface area contributed by atoms with Gasteiger partial charge in [-0.15, -0.1) is 11.8 Å². The molecule has 0 fully saturated rings. The summed E-state index contributed by atoms with van der Waals surface area (Å²) >= 11 is 7.52. The molecule has 18 heavy (non-hydrogen) atoms. The maximum Gasteiger partial charge on any atom is 0.313 e. The molecule has 1 N–H and O–H groups in total. The molecule has 0 aliphatic heterocycles. The van der Waals surface area contributed by atoms with E-state index in [9.17, 15) is 4.79 Å². The molecule has 1 heterocycles. The molecule has 96 valence electrons. The number of imidazole rings is 1. The van der Waals surface area contributed by atoms with Crippen LogP contribution >= 0.6 is 23.4 Å². The van der Waals surface area contributed by atoms with Gasteiger partial charge in [0.25, 0.3) is 0 Å². The highest BCUT2D eigenvalue weighted by Gasteiger charge is 2.12. The lowest BCUT2D eigenvalue weighted by Crippen LogP contribution is -2.03. The van der Waals surface area contributed by atoms with Crippen LogP contribution in [0.2, 0.25) is 5.02 Å². The van der Waals surface area contributed by atoms with Crippen molar-refractivity contribution in [3.05, 3.63) is 29.0 Å². The van der Waals surface area contributed by atoms with Crippen LogP contribution in [0.3, 0.4) is 0 Å². The number of thioether (sulfide) groups is 1. The largest absolute Gasteiger partial charge is 0.481 e. The summed E-state index contributed by atoms with van der Waals surface area (Å²) in [6.45, 7) is 2.79. The van der Waals surface area contributed by atoms with E-state index in [1.807, 2.05) is 29.7 Å². The molecule has 0 saturated carbocycles. The first-order valence-electron chi connectivity index (χ1n) is 5.56. The van der Waals surface area contributed by atoms with Crippen molar-refractivity contribution in [1.29, 1.82) is 0 Å². The summed E-state index contributed by atoms with van der Waals surface area (Å²) in [4.78, 5) is 15.0. The Bertz CT molecular complexity index is 583. The Kier molecular flexibility index (Phi) is 4.14. The van der Waals surface area contributed by atoms with Crippen molar-refractivity contribution >= 4 is 40.4 Å². The van der Waals surface area contributed by atoms with E-state index in [1.165, 1.54) is 11.8 Å². The number of hydrogen-bond donors (Lipinski definition) is 1. The number of carboxylic acid groups (broad SMARTS) is 1.